The molecule has 3 aromatic rings. The molecule has 0 saturated carbocycles. The van der Waals surface area contributed by atoms with E-state index in [1.165, 1.54) is 6.20 Å². The summed E-state index contributed by atoms with van der Waals surface area (Å²) in [5, 5.41) is 13.5. The minimum absolute atomic E-state index is 0.0725. The molecule has 1 aliphatic rings. The van der Waals surface area contributed by atoms with Crippen LogP contribution in [0.5, 0.6) is 0 Å². The second-order valence-electron chi connectivity index (χ2n) is 10.4. The molecule has 0 fully saturated rings. The Morgan fingerprint density at radius 2 is 1.64 bits per heavy atom. The van der Waals surface area contributed by atoms with E-state index in [4.69, 9.17) is 0 Å². The first kappa shape index (κ1) is 25.8. The van der Waals surface area contributed by atoms with Gasteiger partial charge in [0, 0.05) is 24.0 Å². The second-order valence-corrected chi connectivity index (χ2v) is 10.4. The Hall–Kier alpha value is -3.33. The van der Waals surface area contributed by atoms with Crippen molar-refractivity contribution in [2.24, 2.45) is 0 Å². The third kappa shape index (κ3) is 5.56. The smallest absolute Gasteiger partial charge is 0.363 e. The van der Waals surface area contributed by atoms with Gasteiger partial charge in [-0.2, -0.15) is 18.3 Å². The third-order valence-corrected chi connectivity index (χ3v) is 6.60. The Bertz CT molecular complexity index is 1190. The molecule has 0 aliphatic carbocycles. The Kier molecular flexibility index (Phi) is 6.88. The molecular weight excluding hydrogens is 467 g/mol. The van der Waals surface area contributed by atoms with Gasteiger partial charge in [0.05, 0.1) is 12.2 Å². The molecule has 36 heavy (non-hydrogen) atoms. The number of nitrogens with zero attached hydrogens (tertiary/aromatic N) is 2. The summed E-state index contributed by atoms with van der Waals surface area (Å²) in [6, 6.07) is 16.5. The van der Waals surface area contributed by atoms with E-state index in [0.29, 0.717) is 6.54 Å². The molecule has 192 valence electrons. The number of carbonyl (C=O) groups is 1. The molecule has 0 unspecified atom stereocenters. The van der Waals surface area contributed by atoms with Gasteiger partial charge in [-0.15, -0.1) is 0 Å². The highest BCUT2D eigenvalue weighted by Crippen LogP contribution is 2.44. The van der Waals surface area contributed by atoms with Gasteiger partial charge in [0.2, 0.25) is 0 Å². The average molecular weight is 500 g/mol. The Morgan fingerprint density at radius 1 is 1.03 bits per heavy atom. The summed E-state index contributed by atoms with van der Waals surface area (Å²) in [5.74, 6) is -0.411. The SMILES string of the molecule is CC(C)(CNC(C)(C)c1ccccc1)NC(=O)c1cnn2c1N[C@@H](c1ccccc1)C[C@H]2C(F)(F)F. The van der Waals surface area contributed by atoms with E-state index >= 15 is 0 Å². The number of aromatic nitrogens is 2. The van der Waals surface area contributed by atoms with Crippen LogP contribution in [0.1, 0.15) is 67.7 Å². The zero-order valence-electron chi connectivity index (χ0n) is 20.9. The lowest BCUT2D eigenvalue weighted by Crippen LogP contribution is -2.53. The van der Waals surface area contributed by atoms with Crippen LogP contribution in [-0.2, 0) is 5.54 Å². The van der Waals surface area contributed by atoms with E-state index in [9.17, 15) is 18.0 Å². The van der Waals surface area contributed by atoms with Crippen LogP contribution in [0.2, 0.25) is 0 Å². The van der Waals surface area contributed by atoms with Crippen molar-refractivity contribution in [3.05, 3.63) is 83.6 Å². The Labute approximate surface area is 209 Å². The van der Waals surface area contributed by atoms with Crippen LogP contribution in [0.4, 0.5) is 19.0 Å². The summed E-state index contributed by atoms with van der Waals surface area (Å²) in [6.45, 7) is 8.29. The largest absolute Gasteiger partial charge is 0.410 e. The molecular formula is C27H32F3N5O. The minimum Gasteiger partial charge on any atom is -0.363 e. The van der Waals surface area contributed by atoms with Crippen LogP contribution >= 0.6 is 0 Å². The standard InChI is InChI=1S/C27H32F3N5O/c1-25(2,17-31-26(3,4)19-13-9-6-10-14-19)34-24(36)20-16-32-35-22(27(28,29)30)15-21(33-23(20)35)18-11-7-5-8-12-18/h5-14,16,21-22,31,33H,15,17H2,1-4H3,(H,34,36)/t21-,22+/m1/s1. The molecule has 9 heteroatoms. The summed E-state index contributed by atoms with van der Waals surface area (Å²) in [6.07, 6.45) is -3.51. The summed E-state index contributed by atoms with van der Waals surface area (Å²) in [7, 11) is 0. The molecule has 0 bridgehead atoms. The van der Waals surface area contributed by atoms with Crippen LogP contribution in [-0.4, -0.2) is 33.9 Å². The van der Waals surface area contributed by atoms with E-state index in [0.717, 1.165) is 15.8 Å². The maximum Gasteiger partial charge on any atom is 0.410 e. The highest BCUT2D eigenvalue weighted by Gasteiger charge is 2.47. The first-order valence-corrected chi connectivity index (χ1v) is 12.0. The summed E-state index contributed by atoms with van der Waals surface area (Å²) >= 11 is 0. The number of rotatable bonds is 7. The summed E-state index contributed by atoms with van der Waals surface area (Å²) in [4.78, 5) is 13.3. The van der Waals surface area contributed by atoms with Gasteiger partial charge in [-0.3, -0.25) is 4.79 Å². The molecule has 2 atom stereocenters. The number of nitrogens with one attached hydrogen (secondary N) is 3. The molecule has 1 aliphatic heterocycles. The Morgan fingerprint density at radius 3 is 2.25 bits per heavy atom. The lowest BCUT2D eigenvalue weighted by Gasteiger charge is -2.35. The number of alkyl halides is 3. The van der Waals surface area contributed by atoms with E-state index in [1.54, 1.807) is 24.3 Å². The molecule has 1 aromatic heterocycles. The number of hydrogen-bond acceptors (Lipinski definition) is 4. The number of hydrogen-bond donors (Lipinski definition) is 3. The number of benzene rings is 2. The third-order valence-electron chi connectivity index (χ3n) is 6.60. The van der Waals surface area contributed by atoms with Gasteiger partial charge in [-0.25, -0.2) is 4.68 Å². The number of anilines is 1. The number of amides is 1. The van der Waals surface area contributed by atoms with Gasteiger partial charge in [0.25, 0.3) is 5.91 Å². The fraction of sp³-hybridized carbons (Fsp3) is 0.407. The van der Waals surface area contributed by atoms with Gasteiger partial charge in [0.15, 0.2) is 6.04 Å². The van der Waals surface area contributed by atoms with Crippen LogP contribution in [0.15, 0.2) is 66.9 Å². The van der Waals surface area contributed by atoms with Crippen molar-refractivity contribution in [1.29, 1.82) is 0 Å². The van der Waals surface area contributed by atoms with E-state index in [-0.39, 0.29) is 23.3 Å². The van der Waals surface area contributed by atoms with Crippen LogP contribution < -0.4 is 16.0 Å². The lowest BCUT2D eigenvalue weighted by molar-refractivity contribution is -0.173. The second kappa shape index (κ2) is 9.61. The van der Waals surface area contributed by atoms with E-state index < -0.39 is 29.7 Å². The maximum absolute atomic E-state index is 13.9. The van der Waals surface area contributed by atoms with Crippen molar-refractivity contribution < 1.29 is 18.0 Å². The zero-order chi connectivity index (χ0) is 26.1. The molecule has 6 nitrogen and oxygen atoms in total. The van der Waals surface area contributed by atoms with Crippen molar-refractivity contribution in [1.82, 2.24) is 20.4 Å². The van der Waals surface area contributed by atoms with Crippen molar-refractivity contribution in [3.63, 3.8) is 0 Å². The first-order valence-electron chi connectivity index (χ1n) is 12.0. The van der Waals surface area contributed by atoms with Crippen molar-refractivity contribution >= 4 is 11.7 Å². The molecule has 2 heterocycles. The zero-order valence-corrected chi connectivity index (χ0v) is 20.9. The molecule has 4 rings (SSSR count). The number of carbonyl (C=O) groups excluding carboxylic acids is 1. The first-order chi connectivity index (χ1) is 16.9. The van der Waals surface area contributed by atoms with Crippen LogP contribution in [0, 0.1) is 0 Å². The van der Waals surface area contributed by atoms with Gasteiger partial charge in [-0.05, 0) is 38.8 Å². The van der Waals surface area contributed by atoms with Gasteiger partial charge < -0.3 is 16.0 Å². The van der Waals surface area contributed by atoms with Crippen LogP contribution in [0.25, 0.3) is 0 Å². The fourth-order valence-corrected chi connectivity index (χ4v) is 4.45. The van der Waals surface area contributed by atoms with Gasteiger partial charge in [0.1, 0.15) is 11.4 Å². The molecule has 2 aromatic carbocycles. The average Bonchev–Trinajstić information content (AvgIpc) is 3.27. The highest BCUT2D eigenvalue weighted by atomic mass is 19.4. The topological polar surface area (TPSA) is 71.0 Å². The van der Waals surface area contributed by atoms with E-state index in [2.05, 4.69) is 34.9 Å². The van der Waals surface area contributed by atoms with Crippen molar-refractivity contribution in [2.45, 2.75) is 63.5 Å². The Balaban J connectivity index is 1.53. The van der Waals surface area contributed by atoms with Crippen molar-refractivity contribution in [3.8, 4) is 0 Å². The normalized spacial score (nSPS) is 18.3. The fourth-order valence-electron chi connectivity index (χ4n) is 4.45. The number of fused-ring (bicyclic) bond motifs is 1. The molecule has 3 N–H and O–H groups in total. The van der Waals surface area contributed by atoms with Gasteiger partial charge >= 0.3 is 6.18 Å². The maximum atomic E-state index is 13.9. The van der Waals surface area contributed by atoms with Crippen molar-refractivity contribution in [2.75, 3.05) is 11.9 Å². The number of halogens is 3. The molecule has 0 radical (unpaired) electrons. The molecule has 0 saturated heterocycles. The molecule has 1 amide bonds. The predicted molar refractivity (Wildman–Crippen MR) is 134 cm³/mol. The summed E-state index contributed by atoms with van der Waals surface area (Å²) < 4.78 is 42.7. The highest BCUT2D eigenvalue weighted by molar-refractivity contribution is 5.99. The quantitative estimate of drug-likeness (QED) is 0.397. The van der Waals surface area contributed by atoms with Gasteiger partial charge in [-0.1, -0.05) is 60.7 Å². The van der Waals surface area contributed by atoms with E-state index in [1.807, 2.05) is 50.2 Å². The predicted octanol–water partition coefficient (Wildman–Crippen LogP) is 5.58. The molecule has 0 spiro atoms. The summed E-state index contributed by atoms with van der Waals surface area (Å²) in [5.41, 5.74) is 0.880. The monoisotopic (exact) mass is 499 g/mol. The minimum atomic E-state index is -4.50. The van der Waals surface area contributed by atoms with Crippen LogP contribution in [0.3, 0.4) is 0 Å². The lowest BCUT2D eigenvalue weighted by atomic mass is 9.92.